The minimum atomic E-state index is -0.373. The number of benzene rings is 2. The van der Waals surface area contributed by atoms with Crippen LogP contribution in [0.3, 0.4) is 0 Å². The number of piperazine rings is 1. The van der Waals surface area contributed by atoms with Crippen molar-refractivity contribution in [3.63, 3.8) is 0 Å². The molecular weight excluding hydrogens is 407 g/mol. The van der Waals surface area contributed by atoms with Gasteiger partial charge in [0.15, 0.2) is 0 Å². The molecule has 2 saturated heterocycles. The molecule has 2 aliphatic heterocycles. The van der Waals surface area contributed by atoms with Crippen LogP contribution in [0, 0.1) is 11.7 Å². The molecule has 2 aromatic carbocycles. The van der Waals surface area contributed by atoms with Crippen molar-refractivity contribution in [3.05, 3.63) is 60.4 Å². The second kappa shape index (κ2) is 10.5. The number of hydrogen-bond acceptors (Lipinski definition) is 3. The average Bonchev–Trinajstić information content (AvgIpc) is 2.83. The zero-order valence-electron chi connectivity index (χ0n) is 18.4. The van der Waals surface area contributed by atoms with E-state index in [9.17, 15) is 14.0 Å². The normalized spacial score (nSPS) is 19.0. The number of hydrogen-bond donors (Lipinski definition) is 1. The van der Waals surface area contributed by atoms with Crippen molar-refractivity contribution in [1.29, 1.82) is 0 Å². The van der Waals surface area contributed by atoms with Gasteiger partial charge < -0.3 is 20.0 Å². The Bertz CT molecular complexity index is 915. The molecule has 0 spiro atoms. The first kappa shape index (κ1) is 22.1. The highest BCUT2D eigenvalue weighted by atomic mass is 19.1. The Morgan fingerprint density at radius 1 is 0.938 bits per heavy atom. The van der Waals surface area contributed by atoms with E-state index in [1.54, 1.807) is 17.0 Å². The maximum atomic E-state index is 13.4. The minimum Gasteiger partial charge on any atom is -0.368 e. The van der Waals surface area contributed by atoms with Crippen molar-refractivity contribution in [2.45, 2.75) is 25.7 Å². The number of urea groups is 1. The largest absolute Gasteiger partial charge is 0.368 e. The molecule has 1 N–H and O–H groups in total. The molecule has 0 unspecified atom stereocenters. The van der Waals surface area contributed by atoms with Gasteiger partial charge >= 0.3 is 6.03 Å². The second-order valence-electron chi connectivity index (χ2n) is 8.64. The lowest BCUT2D eigenvalue weighted by Gasteiger charge is -2.37. The Morgan fingerprint density at radius 2 is 1.72 bits per heavy atom. The first-order valence-corrected chi connectivity index (χ1v) is 11.5. The molecule has 2 heterocycles. The predicted molar refractivity (Wildman–Crippen MR) is 124 cm³/mol. The summed E-state index contributed by atoms with van der Waals surface area (Å²) in [6, 6.07) is 16.0. The van der Waals surface area contributed by atoms with Crippen LogP contribution >= 0.6 is 0 Å². The number of amides is 3. The summed E-state index contributed by atoms with van der Waals surface area (Å²) in [6.45, 7) is 4.53. The van der Waals surface area contributed by atoms with Gasteiger partial charge in [-0.15, -0.1) is 0 Å². The van der Waals surface area contributed by atoms with E-state index >= 15 is 0 Å². The molecule has 2 aromatic rings. The van der Waals surface area contributed by atoms with E-state index in [-0.39, 0.29) is 17.8 Å². The highest BCUT2D eigenvalue weighted by molar-refractivity contribution is 5.89. The molecule has 170 valence electrons. The number of anilines is 2. The molecule has 0 saturated carbocycles. The van der Waals surface area contributed by atoms with Crippen molar-refractivity contribution < 1.29 is 14.0 Å². The molecule has 2 fully saturated rings. The Balaban J connectivity index is 1.21. The molecular formula is C25H31FN4O2. The van der Waals surface area contributed by atoms with Crippen LogP contribution in [0.2, 0.25) is 0 Å². The Hall–Kier alpha value is -3.09. The van der Waals surface area contributed by atoms with Gasteiger partial charge in [0.2, 0.25) is 5.91 Å². The summed E-state index contributed by atoms with van der Waals surface area (Å²) >= 11 is 0. The molecule has 1 atom stereocenters. The van der Waals surface area contributed by atoms with Gasteiger partial charge in [-0.3, -0.25) is 4.79 Å². The smallest absolute Gasteiger partial charge is 0.321 e. The van der Waals surface area contributed by atoms with Crippen molar-refractivity contribution in [2.75, 3.05) is 49.5 Å². The summed E-state index contributed by atoms with van der Waals surface area (Å²) in [5.41, 5.74) is 1.67. The number of rotatable bonds is 5. The fraction of sp³-hybridized carbons (Fsp3) is 0.440. The third-order valence-corrected chi connectivity index (χ3v) is 6.40. The van der Waals surface area contributed by atoms with Crippen LogP contribution in [-0.2, 0) is 4.79 Å². The molecule has 2 aliphatic rings. The topological polar surface area (TPSA) is 55.9 Å². The van der Waals surface area contributed by atoms with Gasteiger partial charge in [0.05, 0.1) is 0 Å². The quantitative estimate of drug-likeness (QED) is 0.761. The number of nitrogens with one attached hydrogen (secondary N) is 1. The van der Waals surface area contributed by atoms with E-state index < -0.39 is 0 Å². The van der Waals surface area contributed by atoms with Gasteiger partial charge in [-0.25, -0.2) is 9.18 Å². The monoisotopic (exact) mass is 438 g/mol. The van der Waals surface area contributed by atoms with Crippen molar-refractivity contribution in [1.82, 2.24) is 9.80 Å². The minimum absolute atomic E-state index is 0.205. The van der Waals surface area contributed by atoms with Gasteiger partial charge in [-0.1, -0.05) is 24.3 Å². The van der Waals surface area contributed by atoms with E-state index in [0.29, 0.717) is 31.1 Å². The molecule has 0 radical (unpaired) electrons. The third-order valence-electron chi connectivity index (χ3n) is 6.40. The molecule has 0 bridgehead atoms. The molecule has 0 aromatic heterocycles. The first-order chi connectivity index (χ1) is 15.6. The van der Waals surface area contributed by atoms with E-state index in [1.807, 2.05) is 23.1 Å². The van der Waals surface area contributed by atoms with Crippen LogP contribution in [-0.4, -0.2) is 61.0 Å². The Kier molecular flexibility index (Phi) is 7.24. The maximum Gasteiger partial charge on any atom is 0.321 e. The molecule has 0 aliphatic carbocycles. The first-order valence-electron chi connectivity index (χ1n) is 11.5. The van der Waals surface area contributed by atoms with Crippen LogP contribution in [0.25, 0.3) is 0 Å². The van der Waals surface area contributed by atoms with Gasteiger partial charge in [0, 0.05) is 57.1 Å². The predicted octanol–water partition coefficient (Wildman–Crippen LogP) is 4.20. The number of carbonyl (C=O) groups is 2. The summed E-state index contributed by atoms with van der Waals surface area (Å²) < 4.78 is 13.4. The van der Waals surface area contributed by atoms with Crippen LogP contribution in [0.4, 0.5) is 20.6 Å². The second-order valence-corrected chi connectivity index (χ2v) is 8.64. The van der Waals surface area contributed by atoms with E-state index in [2.05, 4.69) is 22.3 Å². The Morgan fingerprint density at radius 3 is 2.47 bits per heavy atom. The van der Waals surface area contributed by atoms with E-state index in [1.165, 1.54) is 17.8 Å². The van der Waals surface area contributed by atoms with Crippen LogP contribution in [0.5, 0.6) is 0 Å². The zero-order chi connectivity index (χ0) is 22.3. The number of carbonyl (C=O) groups excluding carboxylic acids is 2. The van der Waals surface area contributed by atoms with Gasteiger partial charge in [-0.05, 0) is 55.5 Å². The van der Waals surface area contributed by atoms with Crippen LogP contribution < -0.4 is 10.2 Å². The van der Waals surface area contributed by atoms with Crippen molar-refractivity contribution in [3.8, 4) is 0 Å². The number of halogens is 1. The van der Waals surface area contributed by atoms with Crippen LogP contribution in [0.15, 0.2) is 54.6 Å². The molecule has 6 nitrogen and oxygen atoms in total. The molecule has 3 amide bonds. The number of nitrogens with zero attached hydrogens (tertiary/aromatic N) is 3. The van der Waals surface area contributed by atoms with Crippen molar-refractivity contribution in [2.24, 2.45) is 5.92 Å². The number of piperidine rings is 1. The summed E-state index contributed by atoms with van der Waals surface area (Å²) in [5.74, 6) is 0.151. The van der Waals surface area contributed by atoms with E-state index in [4.69, 9.17) is 0 Å². The van der Waals surface area contributed by atoms with Gasteiger partial charge in [0.25, 0.3) is 0 Å². The summed E-state index contributed by atoms with van der Waals surface area (Å²) in [5, 5.41) is 2.77. The SMILES string of the molecule is O=C(CC[C@@H]1CCCN(C(=O)Nc2cccc(F)c2)C1)N1CCN(c2ccccc2)CC1. The average molecular weight is 439 g/mol. The highest BCUT2D eigenvalue weighted by Gasteiger charge is 2.26. The van der Waals surface area contributed by atoms with Crippen LogP contribution in [0.1, 0.15) is 25.7 Å². The molecule has 32 heavy (non-hydrogen) atoms. The summed E-state index contributed by atoms with van der Waals surface area (Å²) in [4.78, 5) is 31.4. The number of para-hydroxylation sites is 1. The Labute approximate surface area is 189 Å². The summed E-state index contributed by atoms with van der Waals surface area (Å²) in [6.07, 6.45) is 3.26. The fourth-order valence-electron chi connectivity index (χ4n) is 4.59. The highest BCUT2D eigenvalue weighted by Crippen LogP contribution is 2.23. The molecule has 7 heteroatoms. The fourth-order valence-corrected chi connectivity index (χ4v) is 4.59. The lowest BCUT2D eigenvalue weighted by Crippen LogP contribution is -2.49. The number of likely N-dealkylation sites (tertiary alicyclic amines) is 1. The van der Waals surface area contributed by atoms with Gasteiger partial charge in [0.1, 0.15) is 5.82 Å². The standard InChI is InChI=1S/C25H31FN4O2/c26-21-7-4-8-22(18-21)27-25(32)30-13-5-6-20(19-30)11-12-24(31)29-16-14-28(15-17-29)23-9-2-1-3-10-23/h1-4,7-10,18,20H,5-6,11-17,19H2,(H,27,32)/t20-/m0/s1. The lowest BCUT2D eigenvalue weighted by molar-refractivity contribution is -0.131. The zero-order valence-corrected chi connectivity index (χ0v) is 18.4. The molecule has 4 rings (SSSR count). The van der Waals surface area contributed by atoms with Gasteiger partial charge in [-0.2, -0.15) is 0 Å². The summed E-state index contributed by atoms with van der Waals surface area (Å²) in [7, 11) is 0. The lowest BCUT2D eigenvalue weighted by atomic mass is 9.93. The van der Waals surface area contributed by atoms with Crippen molar-refractivity contribution >= 4 is 23.3 Å². The third kappa shape index (κ3) is 5.78. The van der Waals surface area contributed by atoms with E-state index in [0.717, 1.165) is 45.4 Å². The maximum absolute atomic E-state index is 13.4.